The van der Waals surface area contributed by atoms with Crippen LogP contribution >= 0.6 is 0 Å². The van der Waals surface area contributed by atoms with E-state index in [9.17, 15) is 0 Å². The molecule has 3 saturated carbocycles. The topological polar surface area (TPSA) is 27.7 Å². The van der Waals surface area contributed by atoms with Gasteiger partial charge in [0.1, 0.15) is 0 Å². The van der Waals surface area contributed by atoms with E-state index in [-0.39, 0.29) is 11.2 Å². The van der Waals surface area contributed by atoms with Crippen molar-refractivity contribution in [2.45, 2.75) is 97.2 Å². The van der Waals surface area contributed by atoms with Crippen molar-refractivity contribution >= 4 is 8.32 Å². The highest BCUT2D eigenvalue weighted by atomic mass is 28.4. The minimum absolute atomic E-state index is 0.277. The standard InChI is InChI=1S/C28H46O3Si/c1-8-19(2)25-27(4)14-12-23-22(24(27)18-28(25)29-15-16-30-28)10-9-20-17-21(31-32(5,6)7)11-13-26(20,23)3/h8-9,19,21-25H,1,10-18H2,2-7H3/t19-,21+,22?,23?,24?,25-,26+,27+/m1/s1. The molecule has 0 bridgehead atoms. The molecule has 0 aromatic carbocycles. The van der Waals surface area contributed by atoms with Crippen LogP contribution < -0.4 is 0 Å². The van der Waals surface area contributed by atoms with E-state index in [0.717, 1.165) is 37.9 Å². The van der Waals surface area contributed by atoms with Gasteiger partial charge in [0, 0.05) is 18.4 Å². The van der Waals surface area contributed by atoms with Gasteiger partial charge >= 0.3 is 0 Å². The second-order valence-corrected chi connectivity index (χ2v) is 17.6. The fraction of sp³-hybridized carbons (Fsp3) is 0.857. The molecule has 5 aliphatic rings. The molecule has 5 rings (SSSR count). The molecular weight excluding hydrogens is 412 g/mol. The van der Waals surface area contributed by atoms with Gasteiger partial charge in [-0.2, -0.15) is 0 Å². The maximum Gasteiger partial charge on any atom is 0.184 e. The Bertz CT molecular complexity index is 778. The molecule has 0 amide bonds. The predicted octanol–water partition coefficient (Wildman–Crippen LogP) is 6.96. The first-order valence-electron chi connectivity index (χ1n) is 13.3. The van der Waals surface area contributed by atoms with Crippen molar-refractivity contribution in [1.29, 1.82) is 0 Å². The molecule has 1 heterocycles. The molecule has 8 atom stereocenters. The Labute approximate surface area is 197 Å². The SMILES string of the molecule is C=C[C@@H](C)[C@H]1C2(CC3C4CC=C5C[C@@H](O[Si](C)(C)C)CC[C@]5(C)C4CC[C@@]31C)OCCO2. The molecule has 4 aliphatic carbocycles. The van der Waals surface area contributed by atoms with Crippen molar-refractivity contribution in [3.63, 3.8) is 0 Å². The van der Waals surface area contributed by atoms with E-state index in [1.54, 1.807) is 5.57 Å². The van der Waals surface area contributed by atoms with Crippen LogP contribution in [0.25, 0.3) is 0 Å². The third kappa shape index (κ3) is 3.46. The van der Waals surface area contributed by atoms with Gasteiger partial charge in [-0.1, -0.05) is 38.5 Å². The Morgan fingerprint density at radius 2 is 1.84 bits per heavy atom. The zero-order valence-electron chi connectivity index (χ0n) is 21.4. The van der Waals surface area contributed by atoms with E-state index in [1.807, 2.05) is 0 Å². The van der Waals surface area contributed by atoms with Crippen molar-refractivity contribution in [2.24, 2.45) is 40.4 Å². The van der Waals surface area contributed by atoms with Gasteiger partial charge in [-0.25, -0.2) is 0 Å². The van der Waals surface area contributed by atoms with Gasteiger partial charge in [0.05, 0.1) is 13.2 Å². The van der Waals surface area contributed by atoms with Crippen LogP contribution in [0.2, 0.25) is 19.6 Å². The minimum Gasteiger partial charge on any atom is -0.414 e. The van der Waals surface area contributed by atoms with Gasteiger partial charge < -0.3 is 13.9 Å². The molecule has 0 N–H and O–H groups in total. The second-order valence-electron chi connectivity index (χ2n) is 13.2. The lowest BCUT2D eigenvalue weighted by Gasteiger charge is -2.58. The summed E-state index contributed by atoms with van der Waals surface area (Å²) >= 11 is 0. The fourth-order valence-electron chi connectivity index (χ4n) is 9.19. The maximum absolute atomic E-state index is 6.57. The van der Waals surface area contributed by atoms with Crippen LogP contribution in [-0.2, 0) is 13.9 Å². The lowest BCUT2D eigenvalue weighted by Crippen LogP contribution is -2.52. The van der Waals surface area contributed by atoms with Crippen molar-refractivity contribution in [3.05, 3.63) is 24.3 Å². The van der Waals surface area contributed by atoms with Crippen molar-refractivity contribution in [1.82, 2.24) is 0 Å². The highest BCUT2D eigenvalue weighted by Gasteiger charge is 2.68. The summed E-state index contributed by atoms with van der Waals surface area (Å²) in [7, 11) is -1.49. The first-order chi connectivity index (χ1) is 15.0. The van der Waals surface area contributed by atoms with Crippen LogP contribution in [-0.4, -0.2) is 33.4 Å². The van der Waals surface area contributed by atoms with Crippen molar-refractivity contribution in [2.75, 3.05) is 13.2 Å². The van der Waals surface area contributed by atoms with Gasteiger partial charge in [-0.3, -0.25) is 0 Å². The Morgan fingerprint density at radius 1 is 1.12 bits per heavy atom. The lowest BCUT2D eigenvalue weighted by atomic mass is 9.47. The Balaban J connectivity index is 1.44. The number of hydrogen-bond donors (Lipinski definition) is 0. The lowest BCUT2D eigenvalue weighted by molar-refractivity contribution is -0.201. The monoisotopic (exact) mass is 458 g/mol. The van der Waals surface area contributed by atoms with Crippen LogP contribution in [0.4, 0.5) is 0 Å². The predicted molar refractivity (Wildman–Crippen MR) is 133 cm³/mol. The summed E-state index contributed by atoms with van der Waals surface area (Å²) in [4.78, 5) is 0. The summed E-state index contributed by atoms with van der Waals surface area (Å²) in [6.07, 6.45) is 13.9. The van der Waals surface area contributed by atoms with Crippen LogP contribution in [0.1, 0.15) is 65.7 Å². The van der Waals surface area contributed by atoms with E-state index in [0.29, 0.717) is 29.3 Å². The molecule has 0 aromatic heterocycles. The smallest absolute Gasteiger partial charge is 0.184 e. The maximum atomic E-state index is 6.57. The number of fused-ring (bicyclic) bond motifs is 5. The molecule has 0 aromatic rings. The first kappa shape index (κ1) is 23.3. The largest absolute Gasteiger partial charge is 0.414 e. The molecule has 4 fully saturated rings. The molecule has 32 heavy (non-hydrogen) atoms. The second kappa shape index (κ2) is 7.80. The third-order valence-corrected chi connectivity index (χ3v) is 11.4. The summed E-state index contributed by atoms with van der Waals surface area (Å²) in [5, 5.41) is 0. The number of hydrogen-bond acceptors (Lipinski definition) is 3. The third-order valence-electron chi connectivity index (χ3n) is 10.4. The van der Waals surface area contributed by atoms with E-state index < -0.39 is 8.32 Å². The fourth-order valence-corrected chi connectivity index (χ4v) is 10.4. The van der Waals surface area contributed by atoms with Gasteiger partial charge in [-0.15, -0.1) is 6.58 Å². The average molecular weight is 459 g/mol. The number of allylic oxidation sites excluding steroid dienone is 2. The molecule has 1 aliphatic heterocycles. The average Bonchev–Trinajstić information content (AvgIpc) is 3.28. The molecular formula is C28H46O3Si. The van der Waals surface area contributed by atoms with Crippen LogP contribution in [0.15, 0.2) is 24.3 Å². The van der Waals surface area contributed by atoms with Gasteiger partial charge in [-0.05, 0) is 92.7 Å². The number of rotatable bonds is 4. The Hall–Kier alpha value is -0.423. The zero-order valence-corrected chi connectivity index (χ0v) is 22.4. The van der Waals surface area contributed by atoms with E-state index in [2.05, 4.69) is 59.1 Å². The Kier molecular flexibility index (Phi) is 5.68. The Morgan fingerprint density at radius 3 is 2.50 bits per heavy atom. The van der Waals surface area contributed by atoms with E-state index in [4.69, 9.17) is 13.9 Å². The summed E-state index contributed by atoms with van der Waals surface area (Å²) in [6, 6.07) is 0. The summed E-state index contributed by atoms with van der Waals surface area (Å²) < 4.78 is 19.5. The summed E-state index contributed by atoms with van der Waals surface area (Å²) in [5.74, 6) is 2.68. The van der Waals surface area contributed by atoms with Crippen molar-refractivity contribution in [3.8, 4) is 0 Å². The zero-order chi connectivity index (χ0) is 22.9. The van der Waals surface area contributed by atoms with Gasteiger partial charge in [0.15, 0.2) is 14.1 Å². The first-order valence-corrected chi connectivity index (χ1v) is 16.7. The molecule has 180 valence electrons. The number of ether oxygens (including phenoxy) is 2. The molecule has 0 radical (unpaired) electrons. The molecule has 1 spiro atoms. The summed E-state index contributed by atoms with van der Waals surface area (Å²) in [5.41, 5.74) is 2.35. The highest BCUT2D eigenvalue weighted by molar-refractivity contribution is 6.69. The van der Waals surface area contributed by atoms with E-state index in [1.165, 1.54) is 32.1 Å². The molecule has 4 heteroatoms. The van der Waals surface area contributed by atoms with E-state index >= 15 is 0 Å². The van der Waals surface area contributed by atoms with Gasteiger partial charge in [0.25, 0.3) is 0 Å². The van der Waals surface area contributed by atoms with Crippen molar-refractivity contribution < 1.29 is 13.9 Å². The minimum atomic E-state index is -1.49. The van der Waals surface area contributed by atoms with Crippen LogP contribution in [0, 0.1) is 40.4 Å². The molecule has 3 unspecified atom stereocenters. The van der Waals surface area contributed by atoms with Gasteiger partial charge in [0.2, 0.25) is 0 Å². The molecule has 3 nitrogen and oxygen atoms in total. The summed E-state index contributed by atoms with van der Waals surface area (Å²) in [6.45, 7) is 20.2. The normalized spacial score (nSPS) is 46.2. The van der Waals surface area contributed by atoms with Crippen LogP contribution in [0.3, 0.4) is 0 Å². The van der Waals surface area contributed by atoms with Crippen LogP contribution in [0.5, 0.6) is 0 Å². The molecule has 1 saturated heterocycles. The highest BCUT2D eigenvalue weighted by Crippen LogP contribution is 2.70. The quantitative estimate of drug-likeness (QED) is 0.336.